The summed E-state index contributed by atoms with van der Waals surface area (Å²) in [5.41, 5.74) is 0. The Labute approximate surface area is 178 Å². The van der Waals surface area contributed by atoms with Crippen LogP contribution < -0.4 is 15.4 Å². The topological polar surface area (TPSA) is 54.9 Å². The molecule has 0 radical (unpaired) electrons. The number of aliphatic imine (C=N–C) groups is 1. The molecule has 4 unspecified atom stereocenters. The Morgan fingerprint density at radius 2 is 2.19 bits per heavy atom. The van der Waals surface area contributed by atoms with Crippen molar-refractivity contribution in [3.63, 3.8) is 0 Å². The van der Waals surface area contributed by atoms with Gasteiger partial charge in [0.05, 0.1) is 25.4 Å². The van der Waals surface area contributed by atoms with Gasteiger partial charge in [0.2, 0.25) is 0 Å². The third-order valence-electron chi connectivity index (χ3n) is 4.86. The molecule has 2 saturated heterocycles. The first-order valence-electron chi connectivity index (χ1n) is 9.08. The lowest BCUT2D eigenvalue weighted by molar-refractivity contribution is 0.0992. The number of halogens is 1. The number of nitrogens with one attached hydrogen (secondary N) is 2. The molecule has 3 rings (SSSR count). The minimum Gasteiger partial charge on any atom is -0.496 e. The highest BCUT2D eigenvalue weighted by Crippen LogP contribution is 2.34. The van der Waals surface area contributed by atoms with Gasteiger partial charge in [-0.2, -0.15) is 0 Å². The van der Waals surface area contributed by atoms with Gasteiger partial charge in [0.1, 0.15) is 5.75 Å². The van der Waals surface area contributed by atoms with E-state index in [2.05, 4.69) is 34.7 Å². The van der Waals surface area contributed by atoms with Crippen molar-refractivity contribution in [3.05, 3.63) is 24.3 Å². The van der Waals surface area contributed by atoms with Gasteiger partial charge in [-0.15, -0.1) is 35.7 Å². The Kier molecular flexibility index (Phi) is 8.83. The molecule has 0 aromatic heterocycles. The molecule has 2 aliphatic rings. The van der Waals surface area contributed by atoms with E-state index in [4.69, 9.17) is 9.47 Å². The van der Waals surface area contributed by atoms with Crippen LogP contribution in [-0.2, 0) is 4.74 Å². The van der Waals surface area contributed by atoms with Gasteiger partial charge in [-0.25, -0.2) is 0 Å². The first-order chi connectivity index (χ1) is 12.2. The number of thioether (sulfide) groups is 1. The van der Waals surface area contributed by atoms with Gasteiger partial charge in [-0.1, -0.05) is 19.1 Å². The normalized spacial score (nSPS) is 25.5. The van der Waals surface area contributed by atoms with E-state index >= 15 is 0 Å². The Morgan fingerprint density at radius 3 is 2.85 bits per heavy atom. The van der Waals surface area contributed by atoms with Crippen molar-refractivity contribution in [2.75, 3.05) is 26.5 Å². The predicted octanol–water partition coefficient (Wildman–Crippen LogP) is 3.53. The summed E-state index contributed by atoms with van der Waals surface area (Å²) in [6.07, 6.45) is 4.31. The van der Waals surface area contributed by atoms with Crippen LogP contribution in [-0.4, -0.2) is 50.7 Å². The van der Waals surface area contributed by atoms with Crippen molar-refractivity contribution in [2.45, 2.75) is 49.3 Å². The van der Waals surface area contributed by atoms with Gasteiger partial charge in [0.25, 0.3) is 0 Å². The lowest BCUT2D eigenvalue weighted by Gasteiger charge is -2.23. The van der Waals surface area contributed by atoms with E-state index in [1.807, 2.05) is 30.9 Å². The molecule has 146 valence electrons. The van der Waals surface area contributed by atoms with Gasteiger partial charge < -0.3 is 20.1 Å². The summed E-state index contributed by atoms with van der Waals surface area (Å²) in [4.78, 5) is 5.56. The number of methoxy groups -OCH3 is 1. The second-order valence-corrected chi connectivity index (χ2v) is 7.94. The molecule has 2 N–H and O–H groups in total. The molecule has 1 aromatic carbocycles. The zero-order valence-corrected chi connectivity index (χ0v) is 18.9. The summed E-state index contributed by atoms with van der Waals surface area (Å²) in [5.74, 6) is 3.38. The van der Waals surface area contributed by atoms with E-state index in [0.717, 1.165) is 30.4 Å². The molecule has 7 heteroatoms. The van der Waals surface area contributed by atoms with Crippen LogP contribution in [0.2, 0.25) is 0 Å². The predicted molar refractivity (Wildman–Crippen MR) is 119 cm³/mol. The summed E-state index contributed by atoms with van der Waals surface area (Å²) in [6, 6.07) is 8.58. The Bertz CT molecular complexity index is 602. The molecule has 5 nitrogen and oxygen atoms in total. The summed E-state index contributed by atoms with van der Waals surface area (Å²) >= 11 is 1.84. The number of guanidine groups is 1. The summed E-state index contributed by atoms with van der Waals surface area (Å²) in [6.45, 7) is 3.15. The minimum absolute atomic E-state index is 0. The highest BCUT2D eigenvalue weighted by atomic mass is 127. The summed E-state index contributed by atoms with van der Waals surface area (Å²) < 4.78 is 11.3. The Morgan fingerprint density at radius 1 is 1.38 bits per heavy atom. The van der Waals surface area contributed by atoms with Gasteiger partial charge in [0.15, 0.2) is 5.96 Å². The zero-order chi connectivity index (χ0) is 17.6. The largest absolute Gasteiger partial charge is 0.496 e. The number of para-hydroxylation sites is 1. The first kappa shape index (κ1) is 21.6. The molecule has 2 heterocycles. The second-order valence-electron chi connectivity index (χ2n) is 6.88. The standard InChI is InChI=1S/C19H29N3O2S.HI/c1-13(12-25-18-7-5-4-6-17(18)23-3)11-21-19(20-2)22-15-10-14-8-9-16(15)24-14;/h4-7,13-16H,8-12H2,1-3H3,(H2,20,21,22);1H. The van der Waals surface area contributed by atoms with Crippen LogP contribution in [0.3, 0.4) is 0 Å². The lowest BCUT2D eigenvalue weighted by Crippen LogP contribution is -2.48. The van der Waals surface area contributed by atoms with Crippen LogP contribution in [0, 0.1) is 5.92 Å². The van der Waals surface area contributed by atoms with Crippen LogP contribution in [0.5, 0.6) is 5.75 Å². The molecular formula is C19H30IN3O2S. The number of nitrogens with zero attached hydrogens (tertiary/aromatic N) is 1. The monoisotopic (exact) mass is 491 g/mol. The molecule has 26 heavy (non-hydrogen) atoms. The van der Waals surface area contributed by atoms with Gasteiger partial charge in [-0.05, 0) is 37.3 Å². The second kappa shape index (κ2) is 10.6. The third kappa shape index (κ3) is 5.66. The van der Waals surface area contributed by atoms with E-state index in [0.29, 0.717) is 24.2 Å². The molecular weight excluding hydrogens is 461 g/mol. The van der Waals surface area contributed by atoms with Crippen molar-refractivity contribution in [2.24, 2.45) is 10.9 Å². The van der Waals surface area contributed by atoms with Crippen molar-refractivity contribution in [1.29, 1.82) is 0 Å². The molecule has 0 saturated carbocycles. The Balaban J connectivity index is 0.00000243. The van der Waals surface area contributed by atoms with Crippen LogP contribution in [0.4, 0.5) is 0 Å². The average molecular weight is 491 g/mol. The molecule has 0 amide bonds. The number of rotatable bonds is 7. The maximum Gasteiger partial charge on any atom is 0.191 e. The smallest absolute Gasteiger partial charge is 0.191 e. The quantitative estimate of drug-likeness (QED) is 0.265. The lowest BCUT2D eigenvalue weighted by atomic mass is 9.96. The van der Waals surface area contributed by atoms with E-state index in [1.54, 1.807) is 7.11 Å². The minimum atomic E-state index is 0. The number of benzene rings is 1. The van der Waals surface area contributed by atoms with E-state index in [1.165, 1.54) is 17.7 Å². The Hall–Kier alpha value is -0.670. The first-order valence-corrected chi connectivity index (χ1v) is 10.1. The zero-order valence-electron chi connectivity index (χ0n) is 15.7. The number of fused-ring (bicyclic) bond motifs is 2. The fourth-order valence-electron chi connectivity index (χ4n) is 3.46. The number of ether oxygens (including phenoxy) is 2. The van der Waals surface area contributed by atoms with E-state index < -0.39 is 0 Å². The third-order valence-corrected chi connectivity index (χ3v) is 6.25. The molecule has 2 bridgehead atoms. The molecule has 2 aliphatic heterocycles. The van der Waals surface area contributed by atoms with E-state index in [9.17, 15) is 0 Å². The van der Waals surface area contributed by atoms with Crippen LogP contribution in [0.25, 0.3) is 0 Å². The average Bonchev–Trinajstić information content (AvgIpc) is 3.26. The molecule has 2 fully saturated rings. The van der Waals surface area contributed by atoms with Crippen LogP contribution in [0.1, 0.15) is 26.2 Å². The molecule has 0 spiro atoms. The van der Waals surface area contributed by atoms with Crippen molar-refractivity contribution in [1.82, 2.24) is 10.6 Å². The van der Waals surface area contributed by atoms with Crippen molar-refractivity contribution >= 4 is 41.7 Å². The SMILES string of the molecule is CN=C(NCC(C)CSc1ccccc1OC)NC1CC2CCC1O2.I. The van der Waals surface area contributed by atoms with Crippen LogP contribution >= 0.6 is 35.7 Å². The van der Waals surface area contributed by atoms with E-state index in [-0.39, 0.29) is 24.0 Å². The van der Waals surface area contributed by atoms with Crippen molar-refractivity contribution < 1.29 is 9.47 Å². The maximum absolute atomic E-state index is 5.90. The molecule has 4 atom stereocenters. The summed E-state index contributed by atoms with van der Waals surface area (Å²) in [7, 11) is 3.55. The van der Waals surface area contributed by atoms with Gasteiger partial charge >= 0.3 is 0 Å². The number of hydrogen-bond donors (Lipinski definition) is 2. The fraction of sp³-hybridized carbons (Fsp3) is 0.632. The van der Waals surface area contributed by atoms with Crippen molar-refractivity contribution in [3.8, 4) is 5.75 Å². The number of hydrogen-bond acceptors (Lipinski definition) is 4. The molecule has 0 aliphatic carbocycles. The fourth-order valence-corrected chi connectivity index (χ4v) is 4.51. The van der Waals surface area contributed by atoms with Gasteiger partial charge in [-0.3, -0.25) is 4.99 Å². The summed E-state index contributed by atoms with van der Waals surface area (Å²) in [5, 5.41) is 6.99. The maximum atomic E-state index is 5.90. The van der Waals surface area contributed by atoms with Crippen LogP contribution in [0.15, 0.2) is 34.2 Å². The molecule has 1 aromatic rings. The highest BCUT2D eigenvalue weighted by molar-refractivity contribution is 14.0. The van der Waals surface area contributed by atoms with Gasteiger partial charge in [0, 0.05) is 24.2 Å². The highest BCUT2D eigenvalue weighted by Gasteiger charge is 2.41.